The van der Waals surface area contributed by atoms with Crippen molar-refractivity contribution < 1.29 is 4.92 Å². The van der Waals surface area contributed by atoms with Crippen molar-refractivity contribution in [1.82, 2.24) is 0 Å². The van der Waals surface area contributed by atoms with Gasteiger partial charge < -0.3 is 0 Å². The average Bonchev–Trinajstić information content (AvgIpc) is 2.47. The molecule has 1 aromatic rings. The Hall–Kier alpha value is -1.38. The normalized spacial score (nSPS) is 16.0. The predicted octanol–water partition coefficient (Wildman–Crippen LogP) is 1.79. The van der Waals surface area contributed by atoms with Crippen molar-refractivity contribution in [3.8, 4) is 0 Å². The molecule has 1 aliphatic rings. The maximum absolute atomic E-state index is 10.5. The van der Waals surface area contributed by atoms with E-state index < -0.39 is 0 Å². The van der Waals surface area contributed by atoms with E-state index >= 15 is 0 Å². The standard InChI is InChI=1S/C9H8NO2/c11-10(12)9-6-5-7-3-1-2-4-8(7)9/h1-4H,5-6H2. The molecule has 3 nitrogen and oxygen atoms in total. The highest BCUT2D eigenvalue weighted by Crippen LogP contribution is 2.31. The predicted molar refractivity (Wildman–Crippen MR) is 44.1 cm³/mol. The van der Waals surface area contributed by atoms with Gasteiger partial charge in [-0.3, -0.25) is 10.1 Å². The molecule has 0 atom stereocenters. The Balaban J connectivity index is 2.42. The summed E-state index contributed by atoms with van der Waals surface area (Å²) in [6.45, 7) is 0. The first kappa shape index (κ1) is 7.28. The molecule has 12 heavy (non-hydrogen) atoms. The zero-order valence-electron chi connectivity index (χ0n) is 6.49. The molecule has 61 valence electrons. The molecule has 0 spiro atoms. The SMILES string of the molecule is O=[N+]([O-])[C]1CCc2ccccc21. The van der Waals surface area contributed by atoms with Crippen LogP contribution in [-0.2, 0) is 6.42 Å². The molecule has 0 fully saturated rings. The first-order chi connectivity index (χ1) is 5.79. The summed E-state index contributed by atoms with van der Waals surface area (Å²) < 4.78 is 0. The molecule has 2 rings (SSSR count). The van der Waals surface area contributed by atoms with Crippen LogP contribution in [-0.4, -0.2) is 4.92 Å². The van der Waals surface area contributed by atoms with E-state index in [2.05, 4.69) is 0 Å². The number of nitro groups is 1. The molecule has 3 heteroatoms. The van der Waals surface area contributed by atoms with Gasteiger partial charge >= 0.3 is 6.04 Å². The van der Waals surface area contributed by atoms with Crippen molar-refractivity contribution in [3.63, 3.8) is 0 Å². The maximum atomic E-state index is 10.5. The third-order valence-corrected chi connectivity index (χ3v) is 2.18. The fourth-order valence-corrected chi connectivity index (χ4v) is 1.60. The smallest absolute Gasteiger partial charge is 0.263 e. The van der Waals surface area contributed by atoms with Crippen LogP contribution in [0.5, 0.6) is 0 Å². The first-order valence-corrected chi connectivity index (χ1v) is 3.87. The molecule has 1 aliphatic carbocycles. The van der Waals surface area contributed by atoms with Gasteiger partial charge in [-0.15, -0.1) is 0 Å². The molecule has 0 N–H and O–H groups in total. The molecule has 0 saturated carbocycles. The van der Waals surface area contributed by atoms with Gasteiger partial charge in [0.2, 0.25) is 0 Å². The van der Waals surface area contributed by atoms with Crippen LogP contribution < -0.4 is 0 Å². The molecular weight excluding hydrogens is 154 g/mol. The van der Waals surface area contributed by atoms with E-state index in [4.69, 9.17) is 0 Å². The van der Waals surface area contributed by atoms with E-state index in [0.717, 1.165) is 17.5 Å². The molecule has 0 amide bonds. The fraction of sp³-hybridized carbons (Fsp3) is 0.222. The monoisotopic (exact) mass is 162 g/mol. The zero-order chi connectivity index (χ0) is 8.55. The number of fused-ring (bicyclic) bond motifs is 1. The van der Waals surface area contributed by atoms with Gasteiger partial charge in [0, 0.05) is 16.9 Å². The highest BCUT2D eigenvalue weighted by atomic mass is 16.6. The number of hydrogen-bond acceptors (Lipinski definition) is 2. The van der Waals surface area contributed by atoms with Gasteiger partial charge in [0.25, 0.3) is 0 Å². The van der Waals surface area contributed by atoms with E-state index in [1.165, 1.54) is 0 Å². The van der Waals surface area contributed by atoms with Crippen LogP contribution in [0.4, 0.5) is 0 Å². The molecule has 0 aliphatic heterocycles. The Morgan fingerprint density at radius 3 is 2.75 bits per heavy atom. The minimum absolute atomic E-state index is 0.272. The van der Waals surface area contributed by atoms with Gasteiger partial charge in [-0.2, -0.15) is 0 Å². The van der Waals surface area contributed by atoms with Crippen molar-refractivity contribution in [2.24, 2.45) is 0 Å². The Morgan fingerprint density at radius 1 is 1.25 bits per heavy atom. The van der Waals surface area contributed by atoms with Crippen molar-refractivity contribution in [2.75, 3.05) is 0 Å². The van der Waals surface area contributed by atoms with Gasteiger partial charge in [0.15, 0.2) is 0 Å². The lowest BCUT2D eigenvalue weighted by Crippen LogP contribution is -2.06. The fourth-order valence-electron chi connectivity index (χ4n) is 1.60. The Kier molecular flexibility index (Phi) is 1.57. The van der Waals surface area contributed by atoms with E-state index in [9.17, 15) is 10.1 Å². The third kappa shape index (κ3) is 0.978. The number of nitrogens with zero attached hydrogens (tertiary/aromatic N) is 1. The van der Waals surface area contributed by atoms with Gasteiger partial charge in [0.1, 0.15) is 0 Å². The van der Waals surface area contributed by atoms with Crippen LogP contribution in [0.2, 0.25) is 0 Å². The summed E-state index contributed by atoms with van der Waals surface area (Å²) in [7, 11) is 0. The van der Waals surface area contributed by atoms with Crippen LogP contribution >= 0.6 is 0 Å². The minimum Gasteiger partial charge on any atom is -0.263 e. The summed E-state index contributed by atoms with van der Waals surface area (Å²) in [4.78, 5) is 10.3. The molecule has 0 aromatic heterocycles. The van der Waals surface area contributed by atoms with Gasteiger partial charge in [-0.25, -0.2) is 0 Å². The number of rotatable bonds is 1. The molecule has 0 unspecified atom stereocenters. The van der Waals surface area contributed by atoms with Crippen molar-refractivity contribution in [1.29, 1.82) is 0 Å². The summed E-state index contributed by atoms with van der Waals surface area (Å²) in [6, 6.07) is 7.90. The number of hydrogen-bond donors (Lipinski definition) is 0. The quantitative estimate of drug-likeness (QED) is 0.466. The summed E-state index contributed by atoms with van der Waals surface area (Å²) >= 11 is 0. The van der Waals surface area contributed by atoms with Crippen LogP contribution in [0.1, 0.15) is 17.5 Å². The first-order valence-electron chi connectivity index (χ1n) is 3.87. The largest absolute Gasteiger partial charge is 0.320 e. The van der Waals surface area contributed by atoms with Gasteiger partial charge in [-0.1, -0.05) is 24.3 Å². The van der Waals surface area contributed by atoms with Crippen LogP contribution in [0.3, 0.4) is 0 Å². The van der Waals surface area contributed by atoms with Crippen molar-refractivity contribution >= 4 is 0 Å². The lowest BCUT2D eigenvalue weighted by Gasteiger charge is -1.98. The summed E-state index contributed by atoms with van der Waals surface area (Å²) in [5.41, 5.74) is 1.92. The minimum atomic E-state index is -0.272. The number of benzene rings is 1. The highest BCUT2D eigenvalue weighted by Gasteiger charge is 2.33. The Bertz CT molecular complexity index is 322. The molecule has 0 heterocycles. The summed E-state index contributed by atoms with van der Waals surface area (Å²) in [6.07, 6.45) is 1.39. The molecule has 0 saturated heterocycles. The molecule has 0 bridgehead atoms. The van der Waals surface area contributed by atoms with Gasteiger partial charge in [0.05, 0.1) is 0 Å². The summed E-state index contributed by atoms with van der Waals surface area (Å²) in [5.74, 6) is 0. The zero-order valence-corrected chi connectivity index (χ0v) is 6.49. The van der Waals surface area contributed by atoms with Crippen molar-refractivity contribution in [3.05, 3.63) is 51.5 Å². The second-order valence-electron chi connectivity index (χ2n) is 2.86. The second-order valence-corrected chi connectivity index (χ2v) is 2.86. The number of aryl methyl sites for hydroxylation is 1. The highest BCUT2D eigenvalue weighted by molar-refractivity contribution is 5.40. The van der Waals surface area contributed by atoms with E-state index in [-0.39, 0.29) is 4.92 Å². The topological polar surface area (TPSA) is 43.1 Å². The van der Waals surface area contributed by atoms with Crippen LogP contribution in [0.15, 0.2) is 24.3 Å². The van der Waals surface area contributed by atoms with E-state index in [1.807, 2.05) is 24.3 Å². The summed E-state index contributed by atoms with van der Waals surface area (Å²) in [5, 5.41) is 10.5. The van der Waals surface area contributed by atoms with Crippen molar-refractivity contribution in [2.45, 2.75) is 12.8 Å². The van der Waals surface area contributed by atoms with Gasteiger partial charge in [-0.05, 0) is 12.0 Å². The average molecular weight is 162 g/mol. The second kappa shape index (κ2) is 2.59. The van der Waals surface area contributed by atoms with E-state index in [1.54, 1.807) is 0 Å². The third-order valence-electron chi connectivity index (χ3n) is 2.18. The maximum Gasteiger partial charge on any atom is 0.320 e. The Morgan fingerprint density at radius 2 is 2.00 bits per heavy atom. The molecule has 1 radical (unpaired) electrons. The van der Waals surface area contributed by atoms with E-state index in [0.29, 0.717) is 12.5 Å². The molecule has 1 aromatic carbocycles. The Labute approximate surface area is 70.2 Å². The van der Waals surface area contributed by atoms with Crippen LogP contribution in [0, 0.1) is 16.2 Å². The lowest BCUT2D eigenvalue weighted by molar-refractivity contribution is -0.459. The molecular formula is C9H8NO2. The lowest BCUT2D eigenvalue weighted by atomic mass is 10.1. The van der Waals surface area contributed by atoms with Crippen LogP contribution in [0.25, 0.3) is 0 Å².